The van der Waals surface area contributed by atoms with Crippen LogP contribution in [0.1, 0.15) is 16.1 Å². The van der Waals surface area contributed by atoms with E-state index >= 15 is 0 Å². The van der Waals surface area contributed by atoms with Crippen molar-refractivity contribution in [3.8, 4) is 11.5 Å². The van der Waals surface area contributed by atoms with Crippen LogP contribution in [0.5, 0.6) is 11.5 Å². The zero-order valence-corrected chi connectivity index (χ0v) is 12.5. The Morgan fingerprint density at radius 1 is 0.857 bits per heavy atom. The first-order valence-corrected chi connectivity index (χ1v) is 7.15. The van der Waals surface area contributed by atoms with Gasteiger partial charge in [0, 0.05) is 5.56 Å². The maximum Gasteiger partial charge on any atom is 0.228 e. The quantitative estimate of drug-likeness (QED) is 0.621. The van der Waals surface area contributed by atoms with E-state index in [1.165, 1.54) is 0 Å². The molecule has 0 spiro atoms. The SMILES string of the molecule is O=C(c1ccc(Oc2ccccc2)cc1)c1ccc(Br)o1. The molecule has 104 valence electrons. The number of furan rings is 1. The van der Waals surface area contributed by atoms with Gasteiger partial charge in [0.2, 0.25) is 5.78 Å². The Bertz CT molecular complexity index is 745. The van der Waals surface area contributed by atoms with Gasteiger partial charge in [-0.2, -0.15) is 0 Å². The van der Waals surface area contributed by atoms with Crippen molar-refractivity contribution in [3.05, 3.63) is 82.7 Å². The number of halogens is 1. The molecule has 0 saturated carbocycles. The van der Waals surface area contributed by atoms with E-state index in [0.717, 1.165) is 5.75 Å². The number of carbonyl (C=O) groups is 1. The van der Waals surface area contributed by atoms with E-state index in [4.69, 9.17) is 9.15 Å². The summed E-state index contributed by atoms with van der Waals surface area (Å²) in [7, 11) is 0. The fourth-order valence-corrected chi connectivity index (χ4v) is 2.18. The minimum absolute atomic E-state index is 0.160. The first kappa shape index (κ1) is 13.6. The summed E-state index contributed by atoms with van der Waals surface area (Å²) < 4.78 is 11.5. The van der Waals surface area contributed by atoms with Crippen LogP contribution in [-0.4, -0.2) is 5.78 Å². The second-order valence-corrected chi connectivity index (χ2v) is 5.15. The van der Waals surface area contributed by atoms with Crippen LogP contribution in [0.2, 0.25) is 0 Å². The monoisotopic (exact) mass is 342 g/mol. The van der Waals surface area contributed by atoms with Gasteiger partial charge in [-0.05, 0) is 64.5 Å². The highest BCUT2D eigenvalue weighted by Gasteiger charge is 2.13. The molecule has 0 amide bonds. The minimum Gasteiger partial charge on any atom is -0.457 e. The third kappa shape index (κ3) is 3.23. The van der Waals surface area contributed by atoms with Gasteiger partial charge in [0.25, 0.3) is 0 Å². The van der Waals surface area contributed by atoms with Crippen LogP contribution < -0.4 is 4.74 Å². The van der Waals surface area contributed by atoms with Gasteiger partial charge in [0.1, 0.15) is 11.5 Å². The molecule has 21 heavy (non-hydrogen) atoms. The van der Waals surface area contributed by atoms with Gasteiger partial charge in [0.05, 0.1) is 0 Å². The second-order valence-electron chi connectivity index (χ2n) is 4.37. The van der Waals surface area contributed by atoms with Crippen molar-refractivity contribution < 1.29 is 13.9 Å². The lowest BCUT2D eigenvalue weighted by atomic mass is 10.1. The van der Waals surface area contributed by atoms with E-state index in [-0.39, 0.29) is 5.78 Å². The number of rotatable bonds is 4. The molecule has 3 rings (SSSR count). The highest BCUT2D eigenvalue weighted by Crippen LogP contribution is 2.23. The van der Waals surface area contributed by atoms with E-state index in [2.05, 4.69) is 15.9 Å². The number of hydrogen-bond acceptors (Lipinski definition) is 3. The summed E-state index contributed by atoms with van der Waals surface area (Å²) in [5.74, 6) is 1.58. The summed E-state index contributed by atoms with van der Waals surface area (Å²) in [6.45, 7) is 0. The minimum atomic E-state index is -0.160. The predicted octanol–water partition coefficient (Wildman–Crippen LogP) is 5.07. The van der Waals surface area contributed by atoms with Crippen LogP contribution in [0.25, 0.3) is 0 Å². The molecule has 2 aromatic carbocycles. The molecule has 0 atom stereocenters. The Morgan fingerprint density at radius 3 is 2.14 bits per heavy atom. The van der Waals surface area contributed by atoms with Gasteiger partial charge in [-0.3, -0.25) is 4.79 Å². The van der Waals surface area contributed by atoms with Crippen molar-refractivity contribution in [2.75, 3.05) is 0 Å². The van der Waals surface area contributed by atoms with Crippen LogP contribution >= 0.6 is 15.9 Å². The van der Waals surface area contributed by atoms with E-state index in [1.807, 2.05) is 30.3 Å². The molecule has 0 saturated heterocycles. The van der Waals surface area contributed by atoms with Crippen molar-refractivity contribution in [3.63, 3.8) is 0 Å². The van der Waals surface area contributed by atoms with Gasteiger partial charge in [-0.1, -0.05) is 18.2 Å². The highest BCUT2D eigenvalue weighted by atomic mass is 79.9. The summed E-state index contributed by atoms with van der Waals surface area (Å²) in [5, 5.41) is 0. The number of benzene rings is 2. The maximum absolute atomic E-state index is 12.2. The van der Waals surface area contributed by atoms with E-state index in [9.17, 15) is 4.79 Å². The standard InChI is InChI=1S/C17H11BrO3/c18-16-11-10-15(21-16)17(19)12-6-8-14(9-7-12)20-13-4-2-1-3-5-13/h1-11H. The average molecular weight is 343 g/mol. The van der Waals surface area contributed by atoms with Crippen molar-refractivity contribution >= 4 is 21.7 Å². The average Bonchev–Trinajstić information content (AvgIpc) is 2.95. The molecular formula is C17H11BrO3. The van der Waals surface area contributed by atoms with Crippen molar-refractivity contribution in [1.29, 1.82) is 0 Å². The van der Waals surface area contributed by atoms with E-state index in [0.29, 0.717) is 21.7 Å². The lowest BCUT2D eigenvalue weighted by Crippen LogP contribution is -1.99. The number of carbonyl (C=O) groups excluding carboxylic acids is 1. The fraction of sp³-hybridized carbons (Fsp3) is 0. The molecule has 1 heterocycles. The first-order valence-electron chi connectivity index (χ1n) is 6.35. The molecule has 0 aliphatic heterocycles. The number of ketones is 1. The molecule has 3 aromatic rings. The molecule has 0 N–H and O–H groups in total. The Hall–Kier alpha value is -2.33. The van der Waals surface area contributed by atoms with Crippen LogP contribution in [-0.2, 0) is 0 Å². The smallest absolute Gasteiger partial charge is 0.228 e. The summed E-state index contributed by atoms with van der Waals surface area (Å²) in [6.07, 6.45) is 0. The van der Waals surface area contributed by atoms with Gasteiger partial charge in [-0.25, -0.2) is 0 Å². The molecule has 0 aliphatic carbocycles. The normalized spacial score (nSPS) is 10.3. The second kappa shape index (κ2) is 5.97. The summed E-state index contributed by atoms with van der Waals surface area (Å²) in [5.41, 5.74) is 0.553. The zero-order chi connectivity index (χ0) is 14.7. The Morgan fingerprint density at radius 2 is 1.52 bits per heavy atom. The van der Waals surface area contributed by atoms with Crippen LogP contribution in [0.15, 0.2) is 75.8 Å². The number of para-hydroxylation sites is 1. The number of hydrogen-bond donors (Lipinski definition) is 0. The Balaban J connectivity index is 1.76. The third-order valence-corrected chi connectivity index (χ3v) is 3.32. The molecule has 0 unspecified atom stereocenters. The van der Waals surface area contributed by atoms with Gasteiger partial charge < -0.3 is 9.15 Å². The summed E-state index contributed by atoms with van der Waals surface area (Å²) >= 11 is 3.18. The van der Waals surface area contributed by atoms with Gasteiger partial charge >= 0.3 is 0 Å². The molecule has 0 bridgehead atoms. The predicted molar refractivity (Wildman–Crippen MR) is 82.8 cm³/mol. The Kier molecular flexibility index (Phi) is 3.88. The number of ether oxygens (including phenoxy) is 1. The van der Waals surface area contributed by atoms with Crippen molar-refractivity contribution in [2.45, 2.75) is 0 Å². The molecule has 3 nitrogen and oxygen atoms in total. The molecule has 0 aliphatic rings. The summed E-state index contributed by atoms with van der Waals surface area (Å²) in [4.78, 5) is 12.2. The van der Waals surface area contributed by atoms with Crippen LogP contribution in [0, 0.1) is 0 Å². The third-order valence-electron chi connectivity index (χ3n) is 2.89. The molecule has 0 fully saturated rings. The summed E-state index contributed by atoms with van der Waals surface area (Å²) in [6, 6.07) is 19.8. The van der Waals surface area contributed by atoms with E-state index in [1.54, 1.807) is 36.4 Å². The van der Waals surface area contributed by atoms with Crippen LogP contribution in [0.4, 0.5) is 0 Å². The van der Waals surface area contributed by atoms with Crippen molar-refractivity contribution in [2.24, 2.45) is 0 Å². The first-order chi connectivity index (χ1) is 10.2. The maximum atomic E-state index is 12.2. The largest absolute Gasteiger partial charge is 0.457 e. The molecule has 0 radical (unpaired) electrons. The molecular weight excluding hydrogens is 332 g/mol. The molecule has 1 aromatic heterocycles. The molecule has 4 heteroatoms. The zero-order valence-electron chi connectivity index (χ0n) is 11.0. The van der Waals surface area contributed by atoms with Gasteiger partial charge in [0.15, 0.2) is 10.4 Å². The lowest BCUT2D eigenvalue weighted by molar-refractivity contribution is 0.101. The topological polar surface area (TPSA) is 39.4 Å². The fourth-order valence-electron chi connectivity index (χ4n) is 1.88. The van der Waals surface area contributed by atoms with Crippen molar-refractivity contribution in [1.82, 2.24) is 0 Å². The van der Waals surface area contributed by atoms with E-state index < -0.39 is 0 Å². The van der Waals surface area contributed by atoms with Gasteiger partial charge in [-0.15, -0.1) is 0 Å². The lowest BCUT2D eigenvalue weighted by Gasteiger charge is -2.05. The highest BCUT2D eigenvalue weighted by molar-refractivity contribution is 9.10. The Labute approximate surface area is 130 Å². The van der Waals surface area contributed by atoms with Crippen LogP contribution in [0.3, 0.4) is 0 Å².